The molecule has 0 atom stereocenters. The smallest absolute Gasteiger partial charge is 0.0317 e. The molecular formula is C10H22N4. The summed E-state index contributed by atoms with van der Waals surface area (Å²) in [5.41, 5.74) is 13.3. The average molecular weight is 198 g/mol. The van der Waals surface area contributed by atoms with Gasteiger partial charge in [-0.3, -0.25) is 0 Å². The quantitative estimate of drug-likeness (QED) is 0.554. The Morgan fingerprint density at radius 3 is 2.64 bits per heavy atom. The number of nitrogens with one attached hydrogen (secondary N) is 2. The summed E-state index contributed by atoms with van der Waals surface area (Å²) in [5.74, 6) is 0. The summed E-state index contributed by atoms with van der Waals surface area (Å²) in [4.78, 5) is 2.37. The van der Waals surface area contributed by atoms with E-state index in [4.69, 9.17) is 5.73 Å². The van der Waals surface area contributed by atoms with Crippen LogP contribution >= 0.6 is 0 Å². The predicted octanol–water partition coefficient (Wildman–Crippen LogP) is 0.242. The van der Waals surface area contributed by atoms with Crippen LogP contribution in [0.2, 0.25) is 0 Å². The van der Waals surface area contributed by atoms with Gasteiger partial charge in [0.05, 0.1) is 0 Å². The molecule has 1 fully saturated rings. The lowest BCUT2D eigenvalue weighted by Gasteiger charge is -2.49. The molecule has 1 saturated heterocycles. The first-order valence-corrected chi connectivity index (χ1v) is 5.21. The Bertz CT molecular complexity index is 206. The van der Waals surface area contributed by atoms with E-state index in [2.05, 4.69) is 29.6 Å². The van der Waals surface area contributed by atoms with Crippen LogP contribution in [0, 0.1) is 5.41 Å². The van der Waals surface area contributed by atoms with Gasteiger partial charge in [-0.2, -0.15) is 0 Å². The van der Waals surface area contributed by atoms with Gasteiger partial charge < -0.3 is 16.1 Å². The van der Waals surface area contributed by atoms with Crippen LogP contribution in [0.25, 0.3) is 0 Å². The van der Waals surface area contributed by atoms with Crippen molar-refractivity contribution < 1.29 is 0 Å². The second-order valence-corrected chi connectivity index (χ2v) is 4.25. The van der Waals surface area contributed by atoms with Crippen LogP contribution in [0.4, 0.5) is 0 Å². The van der Waals surface area contributed by atoms with Gasteiger partial charge in [0.25, 0.3) is 0 Å². The number of hydrogen-bond donors (Lipinski definition) is 3. The third-order valence-electron chi connectivity index (χ3n) is 2.79. The number of nitrogens with zero attached hydrogens (tertiary/aromatic N) is 1. The van der Waals surface area contributed by atoms with Crippen molar-refractivity contribution in [1.29, 1.82) is 0 Å². The Labute approximate surface area is 86.5 Å². The van der Waals surface area contributed by atoms with Gasteiger partial charge in [-0.05, 0) is 6.42 Å². The molecule has 1 rings (SSSR count). The van der Waals surface area contributed by atoms with Crippen LogP contribution in [-0.2, 0) is 0 Å². The predicted molar refractivity (Wildman–Crippen MR) is 59.3 cm³/mol. The monoisotopic (exact) mass is 198 g/mol. The van der Waals surface area contributed by atoms with E-state index in [9.17, 15) is 0 Å². The van der Waals surface area contributed by atoms with E-state index in [-0.39, 0.29) is 0 Å². The van der Waals surface area contributed by atoms with E-state index in [0.29, 0.717) is 5.41 Å². The lowest BCUT2D eigenvalue weighted by Crippen LogP contribution is -2.57. The van der Waals surface area contributed by atoms with Gasteiger partial charge in [0, 0.05) is 44.0 Å². The molecule has 1 aliphatic rings. The average Bonchev–Trinajstić information content (AvgIpc) is 2.15. The van der Waals surface area contributed by atoms with Crippen LogP contribution < -0.4 is 16.6 Å². The summed E-state index contributed by atoms with van der Waals surface area (Å²) in [6, 6.07) is 0. The molecule has 14 heavy (non-hydrogen) atoms. The molecule has 4 heteroatoms. The fourth-order valence-corrected chi connectivity index (χ4v) is 1.78. The van der Waals surface area contributed by atoms with Crippen molar-refractivity contribution >= 4 is 0 Å². The van der Waals surface area contributed by atoms with Gasteiger partial charge >= 0.3 is 0 Å². The summed E-state index contributed by atoms with van der Waals surface area (Å²) in [5, 5.41) is 0. The Morgan fingerprint density at radius 1 is 1.57 bits per heavy atom. The Balaban J connectivity index is 2.43. The van der Waals surface area contributed by atoms with Gasteiger partial charge in [-0.1, -0.05) is 13.8 Å². The van der Waals surface area contributed by atoms with Crippen molar-refractivity contribution in [3.05, 3.63) is 11.9 Å². The summed E-state index contributed by atoms with van der Waals surface area (Å²) in [6.45, 7) is 7.34. The second kappa shape index (κ2) is 4.66. The first kappa shape index (κ1) is 11.3. The molecule has 0 aliphatic carbocycles. The van der Waals surface area contributed by atoms with Crippen LogP contribution in [0.15, 0.2) is 11.9 Å². The molecule has 0 aromatic heterocycles. The number of nitrogens with two attached hydrogens (primary N) is 1. The van der Waals surface area contributed by atoms with Crippen molar-refractivity contribution in [3.8, 4) is 0 Å². The molecule has 1 heterocycles. The molecule has 0 aromatic carbocycles. The lowest BCUT2D eigenvalue weighted by atomic mass is 9.81. The first-order chi connectivity index (χ1) is 6.65. The van der Waals surface area contributed by atoms with Crippen LogP contribution in [0.3, 0.4) is 0 Å². The fourth-order valence-electron chi connectivity index (χ4n) is 1.78. The standard InChI is InChI=1S/C10H22N4/c1-4-9(5-13-12-3)14-7-10(2,6-11)8-14/h5,12-13H,4,6-8,11H2,1-3H3/b9-5+. The molecule has 0 radical (unpaired) electrons. The summed E-state index contributed by atoms with van der Waals surface area (Å²) >= 11 is 0. The summed E-state index contributed by atoms with van der Waals surface area (Å²) in [7, 11) is 1.86. The van der Waals surface area contributed by atoms with Gasteiger partial charge in [-0.15, -0.1) is 0 Å². The van der Waals surface area contributed by atoms with E-state index in [1.54, 1.807) is 0 Å². The number of allylic oxidation sites excluding steroid dienone is 1. The third-order valence-corrected chi connectivity index (χ3v) is 2.79. The number of hydrogen-bond acceptors (Lipinski definition) is 4. The van der Waals surface area contributed by atoms with E-state index in [1.807, 2.05) is 13.2 Å². The van der Waals surface area contributed by atoms with Gasteiger partial charge in [0.2, 0.25) is 0 Å². The number of rotatable bonds is 5. The van der Waals surface area contributed by atoms with E-state index in [0.717, 1.165) is 26.1 Å². The minimum absolute atomic E-state index is 0.327. The zero-order chi connectivity index (χ0) is 10.6. The summed E-state index contributed by atoms with van der Waals surface area (Å²) < 4.78 is 0. The zero-order valence-corrected chi connectivity index (χ0v) is 9.43. The van der Waals surface area contributed by atoms with Crippen molar-refractivity contribution in [2.45, 2.75) is 20.3 Å². The SMILES string of the molecule is CC/C(=C\NNC)N1CC(C)(CN)C1. The first-order valence-electron chi connectivity index (χ1n) is 5.21. The maximum atomic E-state index is 5.70. The normalized spacial score (nSPS) is 20.6. The molecule has 4 nitrogen and oxygen atoms in total. The minimum atomic E-state index is 0.327. The summed E-state index contributed by atoms with van der Waals surface area (Å²) in [6.07, 6.45) is 3.07. The van der Waals surface area contributed by atoms with E-state index >= 15 is 0 Å². The van der Waals surface area contributed by atoms with Crippen molar-refractivity contribution in [3.63, 3.8) is 0 Å². The van der Waals surface area contributed by atoms with Gasteiger partial charge in [0.1, 0.15) is 0 Å². The minimum Gasteiger partial charge on any atom is -0.372 e. The highest BCUT2D eigenvalue weighted by Crippen LogP contribution is 2.32. The number of likely N-dealkylation sites (tertiary alicyclic amines) is 1. The maximum Gasteiger partial charge on any atom is 0.0317 e. The van der Waals surface area contributed by atoms with Crippen LogP contribution in [0.5, 0.6) is 0 Å². The van der Waals surface area contributed by atoms with Crippen molar-refractivity contribution in [1.82, 2.24) is 15.8 Å². The zero-order valence-electron chi connectivity index (χ0n) is 9.43. The molecule has 0 aromatic rings. The van der Waals surface area contributed by atoms with E-state index < -0.39 is 0 Å². The molecule has 0 amide bonds. The molecule has 82 valence electrons. The maximum absolute atomic E-state index is 5.70. The Hall–Kier alpha value is -0.740. The van der Waals surface area contributed by atoms with Crippen molar-refractivity contribution in [2.24, 2.45) is 11.1 Å². The molecule has 0 spiro atoms. The molecule has 1 aliphatic heterocycles. The van der Waals surface area contributed by atoms with E-state index in [1.165, 1.54) is 5.70 Å². The highest BCUT2D eigenvalue weighted by molar-refractivity contribution is 5.08. The van der Waals surface area contributed by atoms with Crippen molar-refractivity contribution in [2.75, 3.05) is 26.7 Å². The molecule has 0 saturated carbocycles. The topological polar surface area (TPSA) is 53.3 Å². The number of hydrazine groups is 1. The lowest BCUT2D eigenvalue weighted by molar-refractivity contribution is 0.0513. The highest BCUT2D eigenvalue weighted by Gasteiger charge is 2.37. The van der Waals surface area contributed by atoms with Gasteiger partial charge in [-0.25, -0.2) is 5.43 Å². The Kier molecular flexibility index (Phi) is 3.77. The highest BCUT2D eigenvalue weighted by atomic mass is 15.3. The molecule has 0 bridgehead atoms. The fraction of sp³-hybridized carbons (Fsp3) is 0.800. The van der Waals surface area contributed by atoms with Crippen LogP contribution in [0.1, 0.15) is 20.3 Å². The largest absolute Gasteiger partial charge is 0.372 e. The third kappa shape index (κ3) is 2.39. The molecule has 4 N–H and O–H groups in total. The molecular weight excluding hydrogens is 176 g/mol. The second-order valence-electron chi connectivity index (χ2n) is 4.25. The molecule has 0 unspecified atom stereocenters. The van der Waals surface area contributed by atoms with Crippen LogP contribution in [-0.4, -0.2) is 31.6 Å². The van der Waals surface area contributed by atoms with Gasteiger partial charge in [0.15, 0.2) is 0 Å². The Morgan fingerprint density at radius 2 is 2.21 bits per heavy atom.